The zero-order valence-corrected chi connectivity index (χ0v) is 13.8. The number of hydrogen-bond acceptors (Lipinski definition) is 7. The summed E-state index contributed by atoms with van der Waals surface area (Å²) in [4.78, 5) is 35.8. The lowest BCUT2D eigenvalue weighted by molar-refractivity contribution is -0.305. The second-order valence-corrected chi connectivity index (χ2v) is 5.96. The van der Waals surface area contributed by atoms with E-state index in [1.54, 1.807) is 19.1 Å². The van der Waals surface area contributed by atoms with E-state index in [1.165, 1.54) is 12.1 Å². The van der Waals surface area contributed by atoms with Gasteiger partial charge in [-0.3, -0.25) is 14.5 Å². The number of hydrogen-bond donors (Lipinski definition) is 1. The third kappa shape index (κ3) is 4.29. The molecule has 1 aromatic carbocycles. The smallest absolute Gasteiger partial charge is 0.293 e. The van der Waals surface area contributed by atoms with Gasteiger partial charge in [0.1, 0.15) is 0 Å². The molecule has 1 N–H and O–H groups in total. The maximum Gasteiger partial charge on any atom is 0.293 e. The maximum absolute atomic E-state index is 12.2. The van der Waals surface area contributed by atoms with Crippen molar-refractivity contribution in [1.29, 1.82) is 0 Å². The van der Waals surface area contributed by atoms with Gasteiger partial charge in [-0.2, -0.15) is 0 Å². The van der Waals surface area contributed by atoms with Crippen molar-refractivity contribution in [2.45, 2.75) is 19.8 Å². The Kier molecular flexibility index (Phi) is 5.86. The summed E-state index contributed by atoms with van der Waals surface area (Å²) in [6, 6.07) is 4.62. The molecule has 0 aromatic heterocycles. The molecule has 0 spiro atoms. The van der Waals surface area contributed by atoms with E-state index < -0.39 is 17.1 Å². The van der Waals surface area contributed by atoms with Crippen LogP contribution in [0.4, 0.5) is 4.79 Å². The second-order valence-electron chi connectivity index (χ2n) is 4.97. The zero-order chi connectivity index (χ0) is 17.7. The predicted molar refractivity (Wildman–Crippen MR) is 86.2 cm³/mol. The van der Waals surface area contributed by atoms with Gasteiger partial charge < -0.3 is 19.7 Å². The highest BCUT2D eigenvalue weighted by Crippen LogP contribution is 2.34. The quantitative estimate of drug-likeness (QED) is 0.740. The average molecular weight is 350 g/mol. The molecule has 2 rings (SSSR count). The molecule has 0 radical (unpaired) electrons. The van der Waals surface area contributed by atoms with Crippen LogP contribution in [-0.4, -0.2) is 40.3 Å². The van der Waals surface area contributed by atoms with E-state index in [1.807, 2.05) is 0 Å². The second kappa shape index (κ2) is 7.87. The average Bonchev–Trinajstić information content (AvgIpc) is 2.78. The number of ether oxygens (including phenoxy) is 1. The minimum atomic E-state index is -1.22. The molecule has 0 saturated carbocycles. The Morgan fingerprint density at radius 1 is 1.42 bits per heavy atom. The van der Waals surface area contributed by atoms with Crippen LogP contribution in [0.1, 0.15) is 25.3 Å². The molecule has 24 heavy (non-hydrogen) atoms. The van der Waals surface area contributed by atoms with Gasteiger partial charge in [0, 0.05) is 12.5 Å². The summed E-state index contributed by atoms with van der Waals surface area (Å²) < 4.78 is 5.28. The van der Waals surface area contributed by atoms with Crippen LogP contribution in [-0.2, 0) is 9.59 Å². The summed E-state index contributed by atoms with van der Waals surface area (Å²) in [5, 5.41) is 19.6. The number of nitrogens with zero attached hydrogens (tertiary/aromatic N) is 1. The fourth-order valence-corrected chi connectivity index (χ4v) is 2.98. The van der Waals surface area contributed by atoms with Crippen LogP contribution in [0.2, 0.25) is 0 Å². The number of phenolic OH excluding ortho intramolecular Hbond substituents is 1. The fourth-order valence-electron chi connectivity index (χ4n) is 2.12. The molecule has 1 fully saturated rings. The van der Waals surface area contributed by atoms with Crippen molar-refractivity contribution >= 4 is 35.0 Å². The fraction of sp³-hybridized carbons (Fsp3) is 0.312. The molecular weight excluding hydrogens is 334 g/mol. The van der Waals surface area contributed by atoms with Crippen molar-refractivity contribution < 1.29 is 29.3 Å². The maximum atomic E-state index is 12.2. The normalized spacial score (nSPS) is 16.0. The van der Waals surface area contributed by atoms with Gasteiger partial charge in [0.2, 0.25) is 0 Å². The van der Waals surface area contributed by atoms with Crippen molar-refractivity contribution in [3.05, 3.63) is 28.7 Å². The van der Waals surface area contributed by atoms with Crippen LogP contribution < -0.4 is 9.84 Å². The van der Waals surface area contributed by atoms with Crippen LogP contribution in [0.5, 0.6) is 11.5 Å². The number of imide groups is 1. The van der Waals surface area contributed by atoms with Crippen LogP contribution in [0.15, 0.2) is 23.1 Å². The molecule has 1 heterocycles. The van der Waals surface area contributed by atoms with Gasteiger partial charge in [0.05, 0.1) is 11.5 Å². The zero-order valence-electron chi connectivity index (χ0n) is 13.0. The number of benzene rings is 1. The Hall–Kier alpha value is -2.48. The molecule has 1 saturated heterocycles. The molecule has 0 unspecified atom stereocenters. The number of carboxylic acid groups (broad SMARTS) is 1. The van der Waals surface area contributed by atoms with Crippen molar-refractivity contribution in [1.82, 2.24) is 4.90 Å². The van der Waals surface area contributed by atoms with Crippen molar-refractivity contribution in [3.63, 3.8) is 0 Å². The highest BCUT2D eigenvalue weighted by molar-refractivity contribution is 8.18. The number of carbonyl (C=O) groups excluding carboxylic acids is 3. The van der Waals surface area contributed by atoms with E-state index in [2.05, 4.69) is 0 Å². The topological polar surface area (TPSA) is 107 Å². The number of aromatic hydroxyl groups is 1. The number of aliphatic carboxylic acids is 1. The monoisotopic (exact) mass is 350 g/mol. The first-order chi connectivity index (χ1) is 11.4. The van der Waals surface area contributed by atoms with E-state index in [9.17, 15) is 24.6 Å². The summed E-state index contributed by atoms with van der Waals surface area (Å²) in [5.74, 6) is -1.40. The highest BCUT2D eigenvalue weighted by Gasteiger charge is 2.34. The Balaban J connectivity index is 2.13. The molecule has 1 aliphatic heterocycles. The molecule has 128 valence electrons. The lowest BCUT2D eigenvalue weighted by Gasteiger charge is -2.12. The SMILES string of the molecule is CCOc1cc(/C=C2\SC(=O)N(CCCC(=O)[O-])C2=O)ccc1O. The van der Waals surface area contributed by atoms with E-state index in [0.717, 1.165) is 16.7 Å². The third-order valence-electron chi connectivity index (χ3n) is 3.22. The largest absolute Gasteiger partial charge is 0.550 e. The van der Waals surface area contributed by atoms with Crippen molar-refractivity contribution in [3.8, 4) is 11.5 Å². The molecule has 0 atom stereocenters. The van der Waals surface area contributed by atoms with E-state index >= 15 is 0 Å². The van der Waals surface area contributed by atoms with Crippen molar-refractivity contribution in [2.75, 3.05) is 13.2 Å². The Morgan fingerprint density at radius 3 is 2.83 bits per heavy atom. The van der Waals surface area contributed by atoms with Crippen LogP contribution in [0, 0.1) is 0 Å². The number of rotatable bonds is 7. The minimum absolute atomic E-state index is 0.00983. The summed E-state index contributed by atoms with van der Waals surface area (Å²) in [7, 11) is 0. The van der Waals surface area contributed by atoms with Crippen LogP contribution >= 0.6 is 11.8 Å². The van der Waals surface area contributed by atoms with Gasteiger partial charge in [-0.05, 0) is 55.3 Å². The highest BCUT2D eigenvalue weighted by atomic mass is 32.2. The summed E-state index contributed by atoms with van der Waals surface area (Å²) in [6.45, 7) is 2.20. The first-order valence-corrected chi connectivity index (χ1v) is 8.15. The lowest BCUT2D eigenvalue weighted by Crippen LogP contribution is -2.30. The number of carboxylic acids is 1. The minimum Gasteiger partial charge on any atom is -0.550 e. The Morgan fingerprint density at radius 2 is 2.17 bits per heavy atom. The number of phenols is 1. The van der Waals surface area contributed by atoms with Gasteiger partial charge in [-0.25, -0.2) is 0 Å². The van der Waals surface area contributed by atoms with Crippen molar-refractivity contribution in [2.24, 2.45) is 0 Å². The molecule has 0 bridgehead atoms. The molecule has 2 amide bonds. The molecule has 8 heteroatoms. The van der Waals surface area contributed by atoms with Gasteiger partial charge in [0.15, 0.2) is 11.5 Å². The van der Waals surface area contributed by atoms with Gasteiger partial charge in [-0.15, -0.1) is 0 Å². The van der Waals surface area contributed by atoms with Gasteiger partial charge in [-0.1, -0.05) is 6.07 Å². The van der Waals surface area contributed by atoms with Crippen LogP contribution in [0.3, 0.4) is 0 Å². The Bertz CT molecular complexity index is 700. The molecule has 7 nitrogen and oxygen atoms in total. The number of carbonyl (C=O) groups is 3. The standard InChI is InChI=1S/C16H17NO6S/c1-2-23-12-8-10(5-6-11(12)18)9-13-15(21)17(16(22)24-13)7-3-4-14(19)20/h5-6,8-9,18H,2-4,7H2,1H3,(H,19,20)/p-1/b13-9-. The number of amides is 2. The molecule has 1 aliphatic rings. The third-order valence-corrected chi connectivity index (χ3v) is 4.13. The van der Waals surface area contributed by atoms with E-state index in [4.69, 9.17) is 4.74 Å². The molecular formula is C16H16NO6S-. The number of thioether (sulfide) groups is 1. The first-order valence-electron chi connectivity index (χ1n) is 7.33. The summed E-state index contributed by atoms with van der Waals surface area (Å²) >= 11 is 0.791. The molecule has 1 aromatic rings. The van der Waals surface area contributed by atoms with E-state index in [-0.39, 0.29) is 30.0 Å². The van der Waals surface area contributed by atoms with E-state index in [0.29, 0.717) is 17.9 Å². The van der Waals surface area contributed by atoms with Gasteiger partial charge in [0.25, 0.3) is 11.1 Å². The lowest BCUT2D eigenvalue weighted by atomic mass is 10.2. The Labute approximate surface area is 142 Å². The van der Waals surface area contributed by atoms with Gasteiger partial charge >= 0.3 is 0 Å². The predicted octanol–water partition coefficient (Wildman–Crippen LogP) is 1.36. The summed E-state index contributed by atoms with van der Waals surface area (Å²) in [5.41, 5.74) is 0.608. The van der Waals surface area contributed by atoms with Crippen LogP contribution in [0.25, 0.3) is 6.08 Å². The molecule has 0 aliphatic carbocycles. The first kappa shape index (κ1) is 17.9. The summed E-state index contributed by atoms with van der Waals surface area (Å²) in [6.07, 6.45) is 1.48.